The van der Waals surface area contributed by atoms with E-state index in [9.17, 15) is 14.0 Å². The number of aryl methyl sites for hydroxylation is 1. The van der Waals surface area contributed by atoms with Crippen LogP contribution in [0, 0.1) is 12.7 Å². The fourth-order valence-corrected chi connectivity index (χ4v) is 3.06. The molecule has 0 unspecified atom stereocenters. The van der Waals surface area contributed by atoms with Gasteiger partial charge in [-0.15, -0.1) is 0 Å². The maximum Gasteiger partial charge on any atom is 0.319 e. The zero-order valence-corrected chi connectivity index (χ0v) is 14.7. The molecule has 3 amide bonds. The average molecular weight is 355 g/mol. The summed E-state index contributed by atoms with van der Waals surface area (Å²) in [5.41, 5.74) is 3.31. The number of halogens is 1. The number of piperidine rings is 1. The van der Waals surface area contributed by atoms with Gasteiger partial charge in [0.15, 0.2) is 0 Å². The molecule has 0 aromatic heterocycles. The first-order chi connectivity index (χ1) is 12.5. The van der Waals surface area contributed by atoms with Crippen molar-refractivity contribution in [2.75, 3.05) is 16.8 Å². The lowest BCUT2D eigenvalue weighted by Gasteiger charge is -2.28. The van der Waals surface area contributed by atoms with Crippen LogP contribution in [0.5, 0.6) is 0 Å². The Kier molecular flexibility index (Phi) is 5.51. The van der Waals surface area contributed by atoms with Crippen molar-refractivity contribution in [3.05, 3.63) is 59.4 Å². The van der Waals surface area contributed by atoms with Gasteiger partial charge in [0.2, 0.25) is 5.91 Å². The first-order valence-corrected chi connectivity index (χ1v) is 8.73. The van der Waals surface area contributed by atoms with Gasteiger partial charge in [-0.05, 0) is 61.2 Å². The number of hydrogen-bond donors (Lipinski definition) is 2. The highest BCUT2D eigenvalue weighted by atomic mass is 19.1. The van der Waals surface area contributed by atoms with Gasteiger partial charge in [-0.2, -0.15) is 0 Å². The number of hydrogen-bond acceptors (Lipinski definition) is 2. The molecule has 136 valence electrons. The number of benzene rings is 2. The topological polar surface area (TPSA) is 61.4 Å². The Bertz CT molecular complexity index is 805. The molecule has 0 atom stereocenters. The molecule has 5 nitrogen and oxygen atoms in total. The molecule has 6 heteroatoms. The molecule has 1 aliphatic heterocycles. The van der Waals surface area contributed by atoms with Gasteiger partial charge in [-0.25, -0.2) is 9.18 Å². The minimum absolute atomic E-state index is 0.150. The number of carbonyl (C=O) groups is 2. The van der Waals surface area contributed by atoms with Gasteiger partial charge < -0.3 is 15.5 Å². The van der Waals surface area contributed by atoms with Gasteiger partial charge in [0.1, 0.15) is 5.82 Å². The number of nitrogens with zero attached hydrogens (tertiary/aromatic N) is 1. The van der Waals surface area contributed by atoms with E-state index in [2.05, 4.69) is 10.6 Å². The van der Waals surface area contributed by atoms with Crippen molar-refractivity contribution in [3.8, 4) is 0 Å². The van der Waals surface area contributed by atoms with E-state index < -0.39 is 0 Å². The molecule has 0 spiro atoms. The van der Waals surface area contributed by atoms with E-state index in [4.69, 9.17) is 0 Å². The highest BCUT2D eigenvalue weighted by Gasteiger charge is 2.21. The second kappa shape index (κ2) is 7.99. The molecule has 3 rings (SSSR count). The van der Waals surface area contributed by atoms with Crippen LogP contribution >= 0.6 is 0 Å². The monoisotopic (exact) mass is 355 g/mol. The third kappa shape index (κ3) is 4.39. The Morgan fingerprint density at radius 2 is 1.92 bits per heavy atom. The molecule has 2 aromatic carbocycles. The van der Waals surface area contributed by atoms with Crippen molar-refractivity contribution in [2.45, 2.75) is 32.7 Å². The maximum absolute atomic E-state index is 12.9. The predicted octanol–water partition coefficient (Wildman–Crippen LogP) is 3.97. The summed E-state index contributed by atoms with van der Waals surface area (Å²) in [6.45, 7) is 2.98. The van der Waals surface area contributed by atoms with Gasteiger partial charge in [0.25, 0.3) is 0 Å². The molecule has 2 aromatic rings. The van der Waals surface area contributed by atoms with Crippen LogP contribution in [0.1, 0.15) is 30.4 Å². The van der Waals surface area contributed by atoms with Crippen molar-refractivity contribution >= 4 is 23.3 Å². The van der Waals surface area contributed by atoms with E-state index >= 15 is 0 Å². The van der Waals surface area contributed by atoms with Crippen LogP contribution in [0.25, 0.3) is 0 Å². The summed E-state index contributed by atoms with van der Waals surface area (Å²) in [5.74, 6) is -0.155. The molecule has 2 N–H and O–H groups in total. The molecule has 0 bridgehead atoms. The summed E-state index contributed by atoms with van der Waals surface area (Å²) in [5, 5.41) is 5.51. The lowest BCUT2D eigenvalue weighted by molar-refractivity contribution is -0.119. The Morgan fingerprint density at radius 1 is 1.15 bits per heavy atom. The normalized spacial score (nSPS) is 14.2. The molecular weight excluding hydrogens is 333 g/mol. The number of amides is 3. The van der Waals surface area contributed by atoms with Crippen LogP contribution in [0.2, 0.25) is 0 Å². The van der Waals surface area contributed by atoms with E-state index in [1.165, 1.54) is 12.1 Å². The third-order valence-electron chi connectivity index (χ3n) is 4.44. The molecule has 0 aliphatic carbocycles. The van der Waals surface area contributed by atoms with Crippen molar-refractivity contribution in [1.82, 2.24) is 5.32 Å². The van der Waals surface area contributed by atoms with Crippen LogP contribution in [0.4, 0.5) is 20.6 Å². The van der Waals surface area contributed by atoms with Gasteiger partial charge in [-0.3, -0.25) is 4.79 Å². The summed E-state index contributed by atoms with van der Waals surface area (Å²) in [7, 11) is 0. The van der Waals surface area contributed by atoms with E-state index in [0.717, 1.165) is 36.2 Å². The number of urea groups is 1. The third-order valence-corrected chi connectivity index (χ3v) is 4.44. The minimum Gasteiger partial charge on any atom is -0.334 e. The Labute approximate surface area is 152 Å². The van der Waals surface area contributed by atoms with E-state index in [0.29, 0.717) is 18.7 Å². The van der Waals surface area contributed by atoms with E-state index in [-0.39, 0.29) is 17.8 Å². The first-order valence-electron chi connectivity index (χ1n) is 8.73. The molecule has 1 heterocycles. The lowest BCUT2D eigenvalue weighted by Crippen LogP contribution is -2.35. The summed E-state index contributed by atoms with van der Waals surface area (Å²) in [6, 6.07) is 11.2. The van der Waals surface area contributed by atoms with Crippen LogP contribution < -0.4 is 15.5 Å². The quantitative estimate of drug-likeness (QED) is 0.872. The van der Waals surface area contributed by atoms with Crippen molar-refractivity contribution in [2.24, 2.45) is 0 Å². The van der Waals surface area contributed by atoms with Crippen LogP contribution in [0.3, 0.4) is 0 Å². The number of rotatable bonds is 4. The second-order valence-corrected chi connectivity index (χ2v) is 6.44. The summed E-state index contributed by atoms with van der Waals surface area (Å²) in [6.07, 6.45) is 2.55. The second-order valence-electron chi connectivity index (χ2n) is 6.44. The van der Waals surface area contributed by atoms with Crippen LogP contribution in [-0.2, 0) is 11.3 Å². The van der Waals surface area contributed by atoms with Gasteiger partial charge in [-0.1, -0.05) is 12.1 Å². The van der Waals surface area contributed by atoms with Gasteiger partial charge >= 0.3 is 6.03 Å². The van der Waals surface area contributed by atoms with E-state index in [1.807, 2.05) is 24.0 Å². The lowest BCUT2D eigenvalue weighted by atomic mass is 10.1. The Balaban J connectivity index is 1.59. The van der Waals surface area contributed by atoms with Crippen LogP contribution in [0.15, 0.2) is 42.5 Å². The number of anilines is 2. The van der Waals surface area contributed by atoms with Crippen molar-refractivity contribution in [3.63, 3.8) is 0 Å². The largest absolute Gasteiger partial charge is 0.334 e. The summed E-state index contributed by atoms with van der Waals surface area (Å²) >= 11 is 0. The van der Waals surface area contributed by atoms with Gasteiger partial charge in [0.05, 0.1) is 0 Å². The Morgan fingerprint density at radius 3 is 2.62 bits per heavy atom. The molecule has 0 radical (unpaired) electrons. The first kappa shape index (κ1) is 17.9. The molecule has 1 saturated heterocycles. The number of carbonyl (C=O) groups excluding carboxylic acids is 2. The van der Waals surface area contributed by atoms with E-state index in [1.54, 1.807) is 18.2 Å². The molecular formula is C20H22FN3O2. The standard InChI is InChI=1S/C20H22FN3O2/c1-14-12-17(9-10-18(14)24-11-3-2-4-19(24)25)23-20(26)22-13-15-5-7-16(21)8-6-15/h5-10,12H,2-4,11,13H2,1H3,(H2,22,23,26). The minimum atomic E-state index is -0.337. The Hall–Kier alpha value is -2.89. The maximum atomic E-state index is 12.9. The molecule has 0 saturated carbocycles. The fourth-order valence-electron chi connectivity index (χ4n) is 3.06. The highest BCUT2D eigenvalue weighted by Crippen LogP contribution is 2.27. The molecule has 1 aliphatic rings. The average Bonchev–Trinajstić information content (AvgIpc) is 2.62. The molecule has 1 fully saturated rings. The summed E-state index contributed by atoms with van der Waals surface area (Å²) in [4.78, 5) is 25.9. The zero-order valence-electron chi connectivity index (χ0n) is 14.7. The van der Waals surface area contributed by atoms with Crippen LogP contribution in [-0.4, -0.2) is 18.5 Å². The highest BCUT2D eigenvalue weighted by molar-refractivity contribution is 5.95. The smallest absolute Gasteiger partial charge is 0.319 e. The SMILES string of the molecule is Cc1cc(NC(=O)NCc2ccc(F)cc2)ccc1N1CCCCC1=O. The van der Waals surface area contributed by atoms with Crippen molar-refractivity contribution < 1.29 is 14.0 Å². The summed E-state index contributed by atoms with van der Waals surface area (Å²) < 4.78 is 12.9. The zero-order chi connectivity index (χ0) is 18.5. The van der Waals surface area contributed by atoms with Crippen molar-refractivity contribution in [1.29, 1.82) is 0 Å². The number of nitrogens with one attached hydrogen (secondary N) is 2. The van der Waals surface area contributed by atoms with Gasteiger partial charge in [0, 0.05) is 30.9 Å². The fraction of sp³-hybridized carbons (Fsp3) is 0.300. The molecule has 26 heavy (non-hydrogen) atoms. The predicted molar refractivity (Wildman–Crippen MR) is 99.6 cm³/mol.